The molecule has 0 bridgehead atoms. The second kappa shape index (κ2) is 19.4. The summed E-state index contributed by atoms with van der Waals surface area (Å²) < 4.78 is 0. The second-order valence-corrected chi connectivity index (χ2v) is 2.50. The zero-order valence-corrected chi connectivity index (χ0v) is 11.8. The van der Waals surface area contributed by atoms with Crippen molar-refractivity contribution in [2.24, 2.45) is 0 Å². The molecule has 0 aromatic carbocycles. The van der Waals surface area contributed by atoms with Gasteiger partial charge in [0.2, 0.25) is 0 Å². The van der Waals surface area contributed by atoms with Crippen molar-refractivity contribution < 1.29 is 21.7 Å². The Morgan fingerprint density at radius 3 is 1.80 bits per heavy atom. The van der Waals surface area contributed by atoms with Gasteiger partial charge in [-0.3, -0.25) is 0 Å². The molecule has 1 rings (SSSR count). The normalized spacial score (nSPS) is 7.53. The third-order valence-corrected chi connectivity index (χ3v) is 0.935. The predicted octanol–water partition coefficient (Wildman–Crippen LogP) is 2.38. The Kier molecular flexibility index (Phi) is 26.3. The number of hydrogen-bond donors (Lipinski definition) is 0. The summed E-state index contributed by atoms with van der Waals surface area (Å²) in [6.45, 7) is 0.743. The molecule has 1 aromatic rings. The quantitative estimate of drug-likeness (QED) is 0.737. The molecule has 0 saturated carbocycles. The summed E-state index contributed by atoms with van der Waals surface area (Å²) in [7, 11) is 8.79. The molecule has 0 radical (unpaired) electrons. The van der Waals surface area contributed by atoms with E-state index >= 15 is 0 Å². The smallest absolute Gasteiger partial charge is 0.669 e. The van der Waals surface area contributed by atoms with E-state index in [0.717, 1.165) is 12.2 Å². The van der Waals surface area contributed by atoms with Crippen molar-refractivity contribution in [3.05, 3.63) is 40.0 Å². The van der Waals surface area contributed by atoms with Gasteiger partial charge in [-0.2, -0.15) is 47.1 Å². The summed E-state index contributed by atoms with van der Waals surface area (Å²) in [5.74, 6) is 0. The van der Waals surface area contributed by atoms with Gasteiger partial charge in [-0.1, -0.05) is 12.1 Å². The molecule has 0 N–H and O–H groups in total. The van der Waals surface area contributed by atoms with Gasteiger partial charge in [0.1, 0.15) is 0 Å². The second-order valence-electron chi connectivity index (χ2n) is 2.50. The minimum atomic E-state index is 0. The molecule has 0 aliphatic heterocycles. The Bertz CT molecular complexity index is 164. The van der Waals surface area contributed by atoms with E-state index in [0.29, 0.717) is 0 Å². The fourth-order valence-electron chi connectivity index (χ4n) is 0.591. The molecule has 0 aliphatic rings. The van der Waals surface area contributed by atoms with Crippen LogP contribution in [0.15, 0.2) is 18.3 Å². The summed E-state index contributed by atoms with van der Waals surface area (Å²) in [5.41, 5.74) is 1.05. The van der Waals surface area contributed by atoms with Gasteiger partial charge in [-0.05, 0) is 0 Å². The van der Waals surface area contributed by atoms with E-state index < -0.39 is 0 Å². The SMILES string of the molecule is C[N-]C.C[N-]C.C[N-]Cc1ccc[n-]1.[Ti+4]. The zero-order valence-electron chi connectivity index (χ0n) is 10.2. The molecule has 1 aromatic heterocycles. The molecule has 0 atom stereocenters. The van der Waals surface area contributed by atoms with Gasteiger partial charge in [0.15, 0.2) is 0 Å². The van der Waals surface area contributed by atoms with Crippen LogP contribution in [-0.4, -0.2) is 35.2 Å². The molecule has 15 heavy (non-hydrogen) atoms. The van der Waals surface area contributed by atoms with E-state index in [4.69, 9.17) is 0 Å². The maximum absolute atomic E-state index is 4.01. The van der Waals surface area contributed by atoms with Gasteiger partial charge >= 0.3 is 21.7 Å². The third-order valence-electron chi connectivity index (χ3n) is 0.935. The summed E-state index contributed by atoms with van der Waals surface area (Å²) in [6, 6.07) is 3.88. The Morgan fingerprint density at radius 2 is 1.53 bits per heavy atom. The molecule has 0 unspecified atom stereocenters. The number of aromatic nitrogens is 1. The van der Waals surface area contributed by atoms with Gasteiger partial charge in [0.25, 0.3) is 0 Å². The summed E-state index contributed by atoms with van der Waals surface area (Å²) in [4.78, 5) is 4.01. The van der Waals surface area contributed by atoms with Crippen LogP contribution in [0.2, 0.25) is 0 Å². The standard InChI is InChI=1S/C6H8N2.2C2H6N.Ti/c1-7-5-6-3-2-4-8-6;2*1-3-2;/h2-4H,5H2,1H3;2*1-2H3;/q-2;2*-1;+4. The zero-order chi connectivity index (χ0) is 11.2. The molecule has 0 saturated heterocycles. The van der Waals surface area contributed by atoms with Crippen LogP contribution in [-0.2, 0) is 28.3 Å². The van der Waals surface area contributed by atoms with E-state index in [1.807, 2.05) is 12.1 Å². The topological polar surface area (TPSA) is 56.4 Å². The molecule has 0 spiro atoms. The minimum Gasteiger partial charge on any atom is -0.669 e. The first kappa shape index (κ1) is 20.3. The molecule has 0 fully saturated rings. The predicted molar refractivity (Wildman–Crippen MR) is 63.2 cm³/mol. The van der Waals surface area contributed by atoms with Gasteiger partial charge in [-0.25, -0.2) is 0 Å². The Morgan fingerprint density at radius 1 is 1.07 bits per heavy atom. The van der Waals surface area contributed by atoms with Crippen molar-refractivity contribution in [1.82, 2.24) is 4.98 Å². The fraction of sp³-hybridized carbons (Fsp3) is 0.600. The van der Waals surface area contributed by atoms with Gasteiger partial charge < -0.3 is 20.9 Å². The molecular formula is C10H20N4Ti. The van der Waals surface area contributed by atoms with Crippen LogP contribution in [0.4, 0.5) is 0 Å². The van der Waals surface area contributed by atoms with Crippen LogP contribution in [0.3, 0.4) is 0 Å². The summed E-state index contributed by atoms with van der Waals surface area (Å²) in [6.07, 6.45) is 1.78. The van der Waals surface area contributed by atoms with Crippen LogP contribution < -0.4 is 4.98 Å². The van der Waals surface area contributed by atoms with Gasteiger partial charge in [0, 0.05) is 0 Å². The Balaban J connectivity index is -0.000000177. The average molecular weight is 244 g/mol. The van der Waals surface area contributed by atoms with Crippen molar-refractivity contribution >= 4 is 0 Å². The van der Waals surface area contributed by atoms with Gasteiger partial charge in [0.05, 0.1) is 0 Å². The van der Waals surface area contributed by atoms with E-state index in [-0.39, 0.29) is 21.7 Å². The van der Waals surface area contributed by atoms with Crippen molar-refractivity contribution in [3.63, 3.8) is 0 Å². The first-order valence-electron chi connectivity index (χ1n) is 4.34. The van der Waals surface area contributed by atoms with E-state index in [1.165, 1.54) is 0 Å². The molecule has 4 nitrogen and oxygen atoms in total. The maximum atomic E-state index is 4.01. The van der Waals surface area contributed by atoms with E-state index in [2.05, 4.69) is 20.9 Å². The van der Waals surface area contributed by atoms with Crippen molar-refractivity contribution in [2.45, 2.75) is 6.54 Å². The maximum Gasteiger partial charge on any atom is 4.00 e. The van der Waals surface area contributed by atoms with Gasteiger partial charge in [-0.15, -0.1) is 6.54 Å². The molecule has 1 heterocycles. The van der Waals surface area contributed by atoms with Crippen molar-refractivity contribution in [1.29, 1.82) is 0 Å². The average Bonchev–Trinajstić information content (AvgIpc) is 2.60. The van der Waals surface area contributed by atoms with Crippen LogP contribution in [0.25, 0.3) is 16.0 Å². The van der Waals surface area contributed by atoms with Crippen LogP contribution in [0, 0.1) is 0 Å². The Hall–Kier alpha value is -0.126. The largest absolute Gasteiger partial charge is 4.00 e. The monoisotopic (exact) mass is 244 g/mol. The van der Waals surface area contributed by atoms with Crippen molar-refractivity contribution in [3.8, 4) is 0 Å². The molecule has 5 heteroatoms. The number of rotatable bonds is 2. The summed E-state index contributed by atoms with van der Waals surface area (Å²) >= 11 is 0. The van der Waals surface area contributed by atoms with Crippen LogP contribution >= 0.6 is 0 Å². The molecule has 84 valence electrons. The Labute approximate surface area is 108 Å². The molecular weight excluding hydrogens is 224 g/mol. The summed E-state index contributed by atoms with van der Waals surface area (Å²) in [5, 5.41) is 10.9. The van der Waals surface area contributed by atoms with E-state index in [9.17, 15) is 0 Å². The third kappa shape index (κ3) is 20.1. The minimum absolute atomic E-state index is 0. The fourth-order valence-corrected chi connectivity index (χ4v) is 0.591. The van der Waals surface area contributed by atoms with Crippen LogP contribution in [0.1, 0.15) is 5.69 Å². The van der Waals surface area contributed by atoms with Crippen molar-refractivity contribution in [2.75, 3.05) is 35.2 Å². The molecule has 0 aliphatic carbocycles. The molecule has 0 amide bonds. The number of nitrogens with zero attached hydrogens (tertiary/aromatic N) is 4. The number of hydrogen-bond acceptors (Lipinski definition) is 0. The van der Waals surface area contributed by atoms with E-state index in [1.54, 1.807) is 41.4 Å². The van der Waals surface area contributed by atoms with Crippen LogP contribution in [0.5, 0.6) is 0 Å². The first-order chi connectivity index (χ1) is 6.76. The first-order valence-corrected chi connectivity index (χ1v) is 4.34.